The van der Waals surface area contributed by atoms with E-state index >= 15 is 0 Å². The fourth-order valence-electron chi connectivity index (χ4n) is 7.22. The molecule has 2 aliphatic heterocycles. The Morgan fingerprint density at radius 2 is 1.67 bits per heavy atom. The Hall–Kier alpha value is -3.25. The zero-order chi connectivity index (χ0) is 38.8. The molecule has 6 rings (SSSR count). The van der Waals surface area contributed by atoms with Crippen LogP contribution in [-0.2, 0) is 38.0 Å². The summed E-state index contributed by atoms with van der Waals surface area (Å²) in [7, 11) is 0. The summed E-state index contributed by atoms with van der Waals surface area (Å²) in [5.41, 5.74) is 0.683. The van der Waals surface area contributed by atoms with Crippen LogP contribution < -0.4 is 5.32 Å². The number of hydrogen-bond acceptors (Lipinski definition) is 14. The molecule has 1 aromatic rings. The molecule has 0 bridgehead atoms. The summed E-state index contributed by atoms with van der Waals surface area (Å²) in [5, 5.41) is 52.2. The van der Waals surface area contributed by atoms with Crippen molar-refractivity contribution in [3.63, 3.8) is 0 Å². The number of carbonyl (C=O) groups excluding carboxylic acids is 3. The summed E-state index contributed by atoms with van der Waals surface area (Å²) in [5.74, 6) is -1.78. The maximum absolute atomic E-state index is 13.6. The molecule has 0 aromatic heterocycles. The Labute approximate surface area is 314 Å². The average molecular weight is 760 g/mol. The number of aliphatic hydroxyl groups excluding tert-OH is 5. The third kappa shape index (κ3) is 9.57. The van der Waals surface area contributed by atoms with E-state index in [-0.39, 0.29) is 49.9 Å². The highest BCUT2D eigenvalue weighted by Crippen LogP contribution is 2.59. The first-order chi connectivity index (χ1) is 25.7. The molecule has 3 aliphatic carbocycles. The molecule has 15 heteroatoms. The second-order valence-corrected chi connectivity index (χ2v) is 15.8. The first-order valence-electron chi connectivity index (χ1n) is 18.8. The van der Waals surface area contributed by atoms with Gasteiger partial charge < -0.3 is 59.3 Å². The summed E-state index contributed by atoms with van der Waals surface area (Å²) in [6.45, 7) is 4.34. The van der Waals surface area contributed by atoms with E-state index in [4.69, 9.17) is 28.4 Å². The fraction of sp³-hybridized carbons (Fsp3) is 0.667. The lowest BCUT2D eigenvalue weighted by molar-refractivity contribution is -0.298. The number of benzene rings is 1. The van der Waals surface area contributed by atoms with Gasteiger partial charge in [0.2, 0.25) is 5.91 Å². The van der Waals surface area contributed by atoms with Crippen LogP contribution in [0.15, 0.2) is 42.0 Å². The van der Waals surface area contributed by atoms with E-state index in [0.29, 0.717) is 5.57 Å². The summed E-state index contributed by atoms with van der Waals surface area (Å²) < 4.78 is 35.6. The fourth-order valence-corrected chi connectivity index (χ4v) is 7.22. The van der Waals surface area contributed by atoms with Gasteiger partial charge in [0.05, 0.1) is 31.4 Å². The minimum Gasteiger partial charge on any atom is -0.460 e. The lowest BCUT2D eigenvalue weighted by Gasteiger charge is -2.39. The standard InChI is InChI=1S/C39H53NO14/c1-38(2,3)53-30(43)15-14-26(19-41)40-35(47)23-17-27(34-28(18-23)52-39(54-34,24-10-11-24)25-12-13-25)50-36(48)22-8-6-21(7-9-22)5-4-16-49-37-33(46)32(45)31(44)29(20-42)51-37/h4-9,18,24-29,31-34,37,41-42,44-46H,10-17,19-20H2,1-3H3,(H,40,47)/t26-,27+,28+,29+,31-,32-,33+,34-,37-/m0/s1. The quantitative estimate of drug-likeness (QED) is 0.139. The minimum atomic E-state index is -1.54. The topological polar surface area (TPSA) is 220 Å². The van der Waals surface area contributed by atoms with Crippen molar-refractivity contribution in [1.29, 1.82) is 0 Å². The molecule has 2 saturated carbocycles. The summed E-state index contributed by atoms with van der Waals surface area (Å²) in [4.78, 5) is 39.4. The minimum absolute atomic E-state index is 0.0134. The molecule has 1 amide bonds. The Kier molecular flexibility index (Phi) is 12.6. The van der Waals surface area contributed by atoms with Crippen LogP contribution in [0.2, 0.25) is 0 Å². The molecule has 0 spiro atoms. The van der Waals surface area contributed by atoms with E-state index in [1.165, 1.54) is 0 Å². The van der Waals surface area contributed by atoms with Crippen LogP contribution in [0.25, 0.3) is 6.08 Å². The largest absolute Gasteiger partial charge is 0.460 e. The molecule has 6 N–H and O–H groups in total. The molecule has 9 atom stereocenters. The van der Waals surface area contributed by atoms with Crippen LogP contribution in [-0.4, -0.2) is 130 Å². The molecule has 5 aliphatic rings. The molecular formula is C39H53NO14. The molecule has 0 radical (unpaired) electrons. The Morgan fingerprint density at radius 1 is 0.981 bits per heavy atom. The highest BCUT2D eigenvalue weighted by Gasteiger charge is 2.64. The summed E-state index contributed by atoms with van der Waals surface area (Å²) in [6, 6.07) is 5.91. The number of nitrogens with one attached hydrogen (secondary N) is 1. The molecular weight excluding hydrogens is 706 g/mol. The van der Waals surface area contributed by atoms with Gasteiger partial charge >= 0.3 is 11.9 Å². The van der Waals surface area contributed by atoms with Gasteiger partial charge in [-0.1, -0.05) is 24.3 Å². The van der Waals surface area contributed by atoms with Crippen LogP contribution in [0, 0.1) is 11.8 Å². The maximum atomic E-state index is 13.6. The Balaban J connectivity index is 1.08. The predicted octanol–water partition coefficient (Wildman–Crippen LogP) is 1.27. The van der Waals surface area contributed by atoms with Gasteiger partial charge in [-0.05, 0) is 76.6 Å². The molecule has 0 unspecified atom stereocenters. The Morgan fingerprint density at radius 3 is 2.28 bits per heavy atom. The van der Waals surface area contributed by atoms with Crippen molar-refractivity contribution >= 4 is 23.9 Å². The number of esters is 2. The average Bonchev–Trinajstić information content (AvgIpc) is 4.08. The van der Waals surface area contributed by atoms with Gasteiger partial charge in [0.1, 0.15) is 48.3 Å². The summed E-state index contributed by atoms with van der Waals surface area (Å²) in [6.07, 6.45) is 0.353. The number of aliphatic hydroxyl groups is 5. The third-order valence-corrected chi connectivity index (χ3v) is 10.3. The first-order valence-corrected chi connectivity index (χ1v) is 18.8. The van der Waals surface area contributed by atoms with E-state index in [1.807, 2.05) is 0 Å². The molecule has 4 fully saturated rings. The van der Waals surface area contributed by atoms with Crippen molar-refractivity contribution in [2.24, 2.45) is 11.8 Å². The predicted molar refractivity (Wildman–Crippen MR) is 189 cm³/mol. The van der Waals surface area contributed by atoms with Gasteiger partial charge in [0, 0.05) is 30.3 Å². The molecule has 15 nitrogen and oxygen atoms in total. The molecule has 2 heterocycles. The van der Waals surface area contributed by atoms with Crippen LogP contribution in [0.5, 0.6) is 0 Å². The van der Waals surface area contributed by atoms with Gasteiger partial charge in [-0.25, -0.2) is 4.79 Å². The zero-order valence-corrected chi connectivity index (χ0v) is 30.9. The van der Waals surface area contributed by atoms with Gasteiger partial charge in [-0.2, -0.15) is 0 Å². The highest BCUT2D eigenvalue weighted by molar-refractivity contribution is 5.94. The van der Waals surface area contributed by atoms with Gasteiger partial charge in [0.15, 0.2) is 12.1 Å². The van der Waals surface area contributed by atoms with E-state index < -0.39 is 90.9 Å². The molecule has 54 heavy (non-hydrogen) atoms. The van der Waals surface area contributed by atoms with Crippen LogP contribution in [0.3, 0.4) is 0 Å². The zero-order valence-electron chi connectivity index (χ0n) is 30.9. The number of hydrogen-bond donors (Lipinski definition) is 6. The molecule has 2 saturated heterocycles. The highest BCUT2D eigenvalue weighted by atomic mass is 16.8. The smallest absolute Gasteiger partial charge is 0.338 e. The SMILES string of the molecule is CC(C)(C)OC(=O)CC[C@@H](CO)NC(=O)C1=C[C@H]2OC(C3CC3)(C3CC3)O[C@H]2[C@H](OC(=O)c2ccc(C=CCO[C@H]3O[C@H](CO)[C@H](O)[C@H](O)[C@H]3O)cc2)C1. The van der Waals surface area contributed by atoms with Gasteiger partial charge in [-0.3, -0.25) is 9.59 Å². The van der Waals surface area contributed by atoms with Crippen LogP contribution in [0.1, 0.15) is 81.6 Å². The van der Waals surface area contributed by atoms with Crippen molar-refractivity contribution < 1.29 is 68.3 Å². The van der Waals surface area contributed by atoms with E-state index in [9.17, 15) is 39.9 Å². The number of carbonyl (C=O) groups is 3. The third-order valence-electron chi connectivity index (χ3n) is 10.3. The first kappa shape index (κ1) is 40.4. The Bertz CT molecular complexity index is 1530. The van der Waals surface area contributed by atoms with Crippen molar-refractivity contribution in [2.75, 3.05) is 19.8 Å². The van der Waals surface area contributed by atoms with Crippen molar-refractivity contribution in [2.45, 2.75) is 132 Å². The molecule has 298 valence electrons. The lowest BCUT2D eigenvalue weighted by atomic mass is 9.91. The van der Waals surface area contributed by atoms with E-state index in [2.05, 4.69) is 5.32 Å². The van der Waals surface area contributed by atoms with Crippen LogP contribution >= 0.6 is 0 Å². The van der Waals surface area contributed by atoms with Crippen LogP contribution in [0.4, 0.5) is 0 Å². The molecule has 1 aromatic carbocycles. The second kappa shape index (κ2) is 16.9. The lowest BCUT2D eigenvalue weighted by Crippen LogP contribution is -2.59. The number of fused-ring (bicyclic) bond motifs is 1. The second-order valence-electron chi connectivity index (χ2n) is 15.8. The van der Waals surface area contributed by atoms with Crippen molar-refractivity contribution in [3.05, 3.63) is 53.1 Å². The van der Waals surface area contributed by atoms with Gasteiger partial charge in [0.25, 0.3) is 0 Å². The van der Waals surface area contributed by atoms with Crippen molar-refractivity contribution in [3.8, 4) is 0 Å². The van der Waals surface area contributed by atoms with Gasteiger partial charge in [-0.15, -0.1) is 0 Å². The monoisotopic (exact) mass is 759 g/mol. The number of amides is 1. The maximum Gasteiger partial charge on any atom is 0.338 e. The number of rotatable bonds is 15. The number of ether oxygens (including phenoxy) is 6. The normalized spacial score (nSPS) is 31.4. The van der Waals surface area contributed by atoms with Crippen molar-refractivity contribution in [1.82, 2.24) is 5.32 Å². The van der Waals surface area contributed by atoms with E-state index in [1.54, 1.807) is 63.3 Å². The summed E-state index contributed by atoms with van der Waals surface area (Å²) >= 11 is 0. The van der Waals surface area contributed by atoms with E-state index in [0.717, 1.165) is 31.2 Å².